The molecule has 156 valence electrons. The number of likely N-dealkylation sites (tertiary alicyclic amines) is 1. The van der Waals surface area contributed by atoms with Crippen LogP contribution >= 0.6 is 39.9 Å². The topological polar surface area (TPSA) is 74.0 Å². The highest BCUT2D eigenvalue weighted by atomic mass is 127. The molecule has 8 heteroatoms. The van der Waals surface area contributed by atoms with E-state index in [2.05, 4.69) is 60.3 Å². The molecule has 0 spiro atoms. The summed E-state index contributed by atoms with van der Waals surface area (Å²) in [5.41, 5.74) is 6.66. The van der Waals surface area contributed by atoms with Gasteiger partial charge in [-0.1, -0.05) is 22.0 Å². The van der Waals surface area contributed by atoms with Crippen LogP contribution in [0.25, 0.3) is 0 Å². The van der Waals surface area contributed by atoms with Crippen LogP contribution in [0.1, 0.15) is 25.7 Å². The number of nitrogens with one attached hydrogen (secondary N) is 1. The Morgan fingerprint density at radius 3 is 2.82 bits per heavy atom. The summed E-state index contributed by atoms with van der Waals surface area (Å²) in [6, 6.07) is 8.51. The van der Waals surface area contributed by atoms with Crippen molar-refractivity contribution in [1.82, 2.24) is 10.2 Å². The van der Waals surface area contributed by atoms with Gasteiger partial charge in [-0.3, -0.25) is 9.79 Å². The lowest BCUT2D eigenvalue weighted by molar-refractivity contribution is -0.119. The number of nitrogens with zero attached hydrogens (tertiary/aromatic N) is 3. The van der Waals surface area contributed by atoms with Gasteiger partial charge in [0.1, 0.15) is 0 Å². The van der Waals surface area contributed by atoms with Gasteiger partial charge >= 0.3 is 0 Å². The Morgan fingerprint density at radius 1 is 1.29 bits per heavy atom. The Hall–Kier alpha value is -1.03. The molecule has 2 unspecified atom stereocenters. The number of primary amides is 1. The van der Waals surface area contributed by atoms with Crippen molar-refractivity contribution in [3.8, 4) is 0 Å². The monoisotopic (exact) mass is 563 g/mol. The highest BCUT2D eigenvalue weighted by Crippen LogP contribution is 2.26. The molecule has 2 heterocycles. The third-order valence-corrected chi connectivity index (χ3v) is 6.02. The molecule has 3 rings (SSSR count). The van der Waals surface area contributed by atoms with Crippen LogP contribution in [-0.2, 0) is 4.79 Å². The lowest BCUT2D eigenvalue weighted by Gasteiger charge is -2.35. The Kier molecular flexibility index (Phi) is 9.33. The van der Waals surface area contributed by atoms with Gasteiger partial charge in [-0.25, -0.2) is 0 Å². The Labute approximate surface area is 193 Å². The largest absolute Gasteiger partial charge is 0.371 e. The van der Waals surface area contributed by atoms with E-state index < -0.39 is 0 Å². The summed E-state index contributed by atoms with van der Waals surface area (Å²) >= 11 is 3.56. The first-order chi connectivity index (χ1) is 13.0. The molecule has 2 fully saturated rings. The minimum absolute atomic E-state index is 0. The standard InChI is InChI=1S/C20H30BrN5O.HI/c1-23-20(26-8-3-4-15(13-26)10-19(22)27)24-12-16-7-9-25(14-16)18-6-2-5-17(21)11-18;/h2,5-6,11,15-16H,3-4,7-10,12-14H2,1H3,(H2,22,27)(H,23,24);1H. The highest BCUT2D eigenvalue weighted by Gasteiger charge is 2.26. The van der Waals surface area contributed by atoms with E-state index in [1.54, 1.807) is 0 Å². The maximum atomic E-state index is 11.2. The molecule has 28 heavy (non-hydrogen) atoms. The van der Waals surface area contributed by atoms with Crippen LogP contribution in [0.2, 0.25) is 0 Å². The van der Waals surface area contributed by atoms with E-state index >= 15 is 0 Å². The van der Waals surface area contributed by atoms with Gasteiger partial charge in [-0.2, -0.15) is 0 Å². The molecule has 0 radical (unpaired) electrons. The maximum Gasteiger partial charge on any atom is 0.217 e. The van der Waals surface area contributed by atoms with Crippen LogP contribution in [0.4, 0.5) is 5.69 Å². The predicted molar refractivity (Wildman–Crippen MR) is 129 cm³/mol. The molecule has 0 aromatic heterocycles. The fraction of sp³-hybridized carbons (Fsp3) is 0.600. The molecule has 6 nitrogen and oxygen atoms in total. The minimum atomic E-state index is -0.205. The fourth-order valence-electron chi connectivity index (χ4n) is 4.18. The van der Waals surface area contributed by atoms with E-state index in [1.165, 1.54) is 12.1 Å². The molecular formula is C20H31BrIN5O. The zero-order chi connectivity index (χ0) is 19.2. The van der Waals surface area contributed by atoms with Crippen molar-refractivity contribution >= 4 is 57.5 Å². The van der Waals surface area contributed by atoms with Crippen molar-refractivity contribution in [2.24, 2.45) is 22.6 Å². The van der Waals surface area contributed by atoms with Gasteiger partial charge in [0.15, 0.2) is 5.96 Å². The molecular weight excluding hydrogens is 533 g/mol. The molecule has 1 amide bonds. The van der Waals surface area contributed by atoms with Crippen LogP contribution in [0.3, 0.4) is 0 Å². The molecule has 1 aromatic rings. The van der Waals surface area contributed by atoms with Crippen molar-refractivity contribution in [3.05, 3.63) is 28.7 Å². The van der Waals surface area contributed by atoms with E-state index in [1.807, 2.05) is 7.05 Å². The number of carbonyl (C=O) groups excluding carboxylic acids is 1. The summed E-state index contributed by atoms with van der Waals surface area (Å²) in [6.07, 6.45) is 3.80. The van der Waals surface area contributed by atoms with Gasteiger partial charge in [-0.05, 0) is 49.3 Å². The second-order valence-corrected chi connectivity index (χ2v) is 8.55. The Balaban J connectivity index is 0.00000280. The van der Waals surface area contributed by atoms with Crippen LogP contribution in [0.15, 0.2) is 33.7 Å². The molecule has 2 atom stereocenters. The van der Waals surface area contributed by atoms with E-state index in [0.29, 0.717) is 18.3 Å². The third kappa shape index (κ3) is 6.50. The maximum absolute atomic E-state index is 11.2. The van der Waals surface area contributed by atoms with Crippen molar-refractivity contribution in [3.63, 3.8) is 0 Å². The number of nitrogens with two attached hydrogens (primary N) is 1. The summed E-state index contributed by atoms with van der Waals surface area (Å²) in [5.74, 6) is 1.69. The number of rotatable bonds is 5. The van der Waals surface area contributed by atoms with Gasteiger partial charge in [0.2, 0.25) is 5.91 Å². The molecule has 2 saturated heterocycles. The first-order valence-corrected chi connectivity index (χ1v) is 10.6. The van der Waals surface area contributed by atoms with E-state index in [4.69, 9.17) is 5.73 Å². The number of amides is 1. The lowest BCUT2D eigenvalue weighted by atomic mass is 9.95. The Bertz CT molecular complexity index is 686. The molecule has 2 aliphatic rings. The molecule has 3 N–H and O–H groups in total. The van der Waals surface area contributed by atoms with Gasteiger partial charge in [0.05, 0.1) is 0 Å². The summed E-state index contributed by atoms with van der Waals surface area (Å²) in [6.45, 7) is 4.92. The van der Waals surface area contributed by atoms with Crippen molar-refractivity contribution in [2.45, 2.75) is 25.7 Å². The zero-order valence-electron chi connectivity index (χ0n) is 16.4. The normalized spacial score (nSPS) is 22.7. The predicted octanol–water partition coefficient (Wildman–Crippen LogP) is 3.06. The van der Waals surface area contributed by atoms with Crippen LogP contribution < -0.4 is 16.0 Å². The SMILES string of the molecule is CN=C(NCC1CCN(c2cccc(Br)c2)C1)N1CCCC(CC(N)=O)C1.I. The van der Waals surface area contributed by atoms with Crippen molar-refractivity contribution < 1.29 is 4.79 Å². The summed E-state index contributed by atoms with van der Waals surface area (Å²) in [4.78, 5) is 20.4. The van der Waals surface area contributed by atoms with E-state index in [9.17, 15) is 4.79 Å². The molecule has 0 bridgehead atoms. The first kappa shape index (κ1) is 23.3. The smallest absolute Gasteiger partial charge is 0.217 e. The zero-order valence-corrected chi connectivity index (χ0v) is 20.4. The lowest BCUT2D eigenvalue weighted by Crippen LogP contribution is -2.48. The summed E-state index contributed by atoms with van der Waals surface area (Å²) in [7, 11) is 1.84. The molecule has 0 saturated carbocycles. The number of carbonyl (C=O) groups is 1. The number of hydrogen-bond acceptors (Lipinski definition) is 3. The van der Waals surface area contributed by atoms with Gasteiger partial charge in [0.25, 0.3) is 0 Å². The second kappa shape index (κ2) is 11.2. The summed E-state index contributed by atoms with van der Waals surface area (Å²) < 4.78 is 1.12. The van der Waals surface area contributed by atoms with E-state index in [-0.39, 0.29) is 29.9 Å². The van der Waals surface area contributed by atoms with E-state index in [0.717, 1.165) is 56.0 Å². The second-order valence-electron chi connectivity index (χ2n) is 7.63. The van der Waals surface area contributed by atoms with Crippen LogP contribution in [0, 0.1) is 11.8 Å². The fourth-order valence-corrected chi connectivity index (χ4v) is 4.57. The number of piperidine rings is 1. The molecule has 0 aliphatic carbocycles. The molecule has 1 aromatic carbocycles. The number of aliphatic imine (C=N–C) groups is 1. The minimum Gasteiger partial charge on any atom is -0.371 e. The van der Waals surface area contributed by atoms with Crippen LogP contribution in [0.5, 0.6) is 0 Å². The highest BCUT2D eigenvalue weighted by molar-refractivity contribution is 14.0. The average molecular weight is 564 g/mol. The number of hydrogen-bond donors (Lipinski definition) is 2. The quantitative estimate of drug-likeness (QED) is 0.328. The Morgan fingerprint density at radius 2 is 2.11 bits per heavy atom. The van der Waals surface area contributed by atoms with Crippen LogP contribution in [-0.4, -0.2) is 56.5 Å². The molecule has 2 aliphatic heterocycles. The van der Waals surface area contributed by atoms with Gasteiger partial charge in [0, 0.05) is 56.4 Å². The van der Waals surface area contributed by atoms with Gasteiger partial charge in [-0.15, -0.1) is 24.0 Å². The third-order valence-electron chi connectivity index (χ3n) is 5.53. The number of anilines is 1. The number of guanidine groups is 1. The number of halogens is 2. The van der Waals surface area contributed by atoms with Gasteiger partial charge < -0.3 is 20.9 Å². The first-order valence-electron chi connectivity index (χ1n) is 9.79. The summed E-state index contributed by atoms with van der Waals surface area (Å²) in [5, 5.41) is 3.56. The van der Waals surface area contributed by atoms with Crippen molar-refractivity contribution in [2.75, 3.05) is 44.7 Å². The average Bonchev–Trinajstić information content (AvgIpc) is 3.11. The number of benzene rings is 1. The van der Waals surface area contributed by atoms with Crippen molar-refractivity contribution in [1.29, 1.82) is 0 Å².